The Morgan fingerprint density at radius 1 is 1.20 bits per heavy atom. The van der Waals surface area contributed by atoms with Gasteiger partial charge in [-0.1, -0.05) is 17.3 Å². The predicted octanol–water partition coefficient (Wildman–Crippen LogP) is 5.20. The highest BCUT2D eigenvalue weighted by Crippen LogP contribution is 2.41. The van der Waals surface area contributed by atoms with Gasteiger partial charge in [-0.15, -0.1) is 0 Å². The molecule has 2 aromatic carbocycles. The largest absolute Gasteiger partial charge is 0.481 e. The van der Waals surface area contributed by atoms with Gasteiger partial charge in [0.15, 0.2) is 6.10 Å². The molecule has 7 nitrogen and oxygen atoms in total. The molecule has 1 atom stereocenters. The lowest BCUT2D eigenvalue weighted by atomic mass is 10.0. The summed E-state index contributed by atoms with van der Waals surface area (Å²) in [6, 6.07) is 7.53. The summed E-state index contributed by atoms with van der Waals surface area (Å²) < 4.78 is 88.7. The molecule has 1 aliphatic heterocycles. The van der Waals surface area contributed by atoms with Crippen molar-refractivity contribution in [3.8, 4) is 28.6 Å². The highest BCUT2D eigenvalue weighted by molar-refractivity contribution is 5.79. The highest BCUT2D eigenvalue weighted by Gasteiger charge is 2.41. The first-order valence-electron chi connectivity index (χ1n) is 10.2. The van der Waals surface area contributed by atoms with Crippen LogP contribution in [0, 0.1) is 0 Å². The number of hydrogen-bond acceptors (Lipinski definition) is 6. The van der Waals surface area contributed by atoms with Crippen molar-refractivity contribution in [1.82, 2.24) is 10.1 Å². The van der Waals surface area contributed by atoms with E-state index in [0.29, 0.717) is 37.2 Å². The third-order valence-electron chi connectivity index (χ3n) is 5.41. The normalized spacial score (nSPS) is 14.7. The monoisotopic (exact) mass is 501 g/mol. The van der Waals surface area contributed by atoms with E-state index in [-0.39, 0.29) is 23.8 Å². The number of ether oxygens (including phenoxy) is 1. The number of carboxylic acid groups (broad SMARTS) is 1. The van der Waals surface area contributed by atoms with E-state index in [0.717, 1.165) is 17.7 Å². The van der Waals surface area contributed by atoms with Gasteiger partial charge in [0, 0.05) is 23.4 Å². The van der Waals surface area contributed by atoms with Crippen LogP contribution >= 0.6 is 0 Å². The number of fused-ring (bicyclic) bond motifs is 1. The number of anilines is 1. The Balaban J connectivity index is 1.67. The molecule has 0 fully saturated rings. The van der Waals surface area contributed by atoms with Crippen LogP contribution in [0.25, 0.3) is 22.8 Å². The van der Waals surface area contributed by atoms with Crippen molar-refractivity contribution < 1.29 is 45.5 Å². The summed E-state index contributed by atoms with van der Waals surface area (Å²) in [5.41, 5.74) is 0.386. The van der Waals surface area contributed by atoms with Gasteiger partial charge in [-0.05, 0) is 43.2 Å². The molecule has 2 heterocycles. The fourth-order valence-electron chi connectivity index (χ4n) is 3.73. The van der Waals surface area contributed by atoms with Crippen molar-refractivity contribution in [2.45, 2.75) is 31.8 Å². The molecule has 0 radical (unpaired) electrons. The number of alkyl halides is 6. The lowest BCUT2D eigenvalue weighted by Crippen LogP contribution is -2.31. The molecule has 4 rings (SSSR count). The summed E-state index contributed by atoms with van der Waals surface area (Å²) in [5, 5.41) is 12.9. The zero-order valence-electron chi connectivity index (χ0n) is 17.9. The number of hydrogen-bond donors (Lipinski definition) is 1. The number of halogens is 6. The van der Waals surface area contributed by atoms with E-state index in [1.807, 2.05) is 0 Å². The van der Waals surface area contributed by atoms with Gasteiger partial charge in [-0.25, -0.2) is 0 Å². The highest BCUT2D eigenvalue weighted by atomic mass is 19.4. The summed E-state index contributed by atoms with van der Waals surface area (Å²) in [4.78, 5) is 16.9. The fraction of sp³-hybridized carbons (Fsp3) is 0.318. The molecule has 1 aliphatic rings. The van der Waals surface area contributed by atoms with Crippen LogP contribution in [-0.4, -0.2) is 46.6 Å². The molecule has 0 aliphatic carbocycles. The second-order valence-corrected chi connectivity index (χ2v) is 7.80. The lowest BCUT2D eigenvalue weighted by molar-refractivity contribution is -0.191. The Bertz CT molecular complexity index is 1250. The van der Waals surface area contributed by atoms with Crippen LogP contribution in [0.1, 0.15) is 18.1 Å². The molecule has 1 aromatic heterocycles. The van der Waals surface area contributed by atoms with Crippen LogP contribution in [0.2, 0.25) is 0 Å². The van der Waals surface area contributed by atoms with E-state index < -0.39 is 35.7 Å². The van der Waals surface area contributed by atoms with Crippen molar-refractivity contribution in [1.29, 1.82) is 0 Å². The van der Waals surface area contributed by atoms with Crippen molar-refractivity contribution >= 4 is 11.7 Å². The summed E-state index contributed by atoms with van der Waals surface area (Å²) in [6.45, 7) is 0.861. The van der Waals surface area contributed by atoms with Crippen molar-refractivity contribution in [3.63, 3.8) is 0 Å². The Morgan fingerprint density at radius 3 is 2.60 bits per heavy atom. The average Bonchev–Trinajstić information content (AvgIpc) is 3.40. The van der Waals surface area contributed by atoms with Crippen molar-refractivity contribution in [2.75, 3.05) is 18.0 Å². The zero-order chi connectivity index (χ0) is 25.5. The lowest BCUT2D eigenvalue weighted by Gasteiger charge is -2.20. The maximum atomic E-state index is 13.6. The third kappa shape index (κ3) is 5.03. The molecule has 35 heavy (non-hydrogen) atoms. The Kier molecular flexibility index (Phi) is 6.11. The van der Waals surface area contributed by atoms with Gasteiger partial charge in [0.2, 0.25) is 5.82 Å². The van der Waals surface area contributed by atoms with Gasteiger partial charge in [-0.2, -0.15) is 31.3 Å². The standard InChI is InChI=1S/C22H17F6N3O4/c1-11(21(23,24)25)34-17-6-5-12(9-15(17)22(26,27)28)20-29-19(30-35-20)14-3-2-4-16-13(14)7-8-31(16)10-18(32)33/h2-6,9,11H,7-8,10H2,1H3,(H,32,33). The smallest absolute Gasteiger partial charge is 0.425 e. The first-order chi connectivity index (χ1) is 16.3. The molecule has 1 unspecified atom stereocenters. The topological polar surface area (TPSA) is 88.7 Å². The molecule has 0 saturated heterocycles. The molecule has 13 heteroatoms. The summed E-state index contributed by atoms with van der Waals surface area (Å²) >= 11 is 0. The Hall–Kier alpha value is -3.77. The number of nitrogens with zero attached hydrogens (tertiary/aromatic N) is 3. The van der Waals surface area contributed by atoms with Crippen LogP contribution in [0.5, 0.6) is 5.75 Å². The predicted molar refractivity (Wildman–Crippen MR) is 110 cm³/mol. The quantitative estimate of drug-likeness (QED) is 0.465. The van der Waals surface area contributed by atoms with Gasteiger partial charge in [0.05, 0.1) is 5.56 Å². The van der Waals surface area contributed by atoms with E-state index in [1.54, 1.807) is 23.1 Å². The zero-order valence-corrected chi connectivity index (χ0v) is 17.9. The second-order valence-electron chi connectivity index (χ2n) is 7.80. The molecule has 1 N–H and O–H groups in total. The number of rotatable bonds is 6. The SMILES string of the molecule is CC(Oc1ccc(-c2nc(-c3cccc4c3CCN4CC(=O)O)no2)cc1C(F)(F)F)C(F)(F)F. The van der Waals surface area contributed by atoms with Crippen molar-refractivity contribution in [3.05, 3.63) is 47.5 Å². The van der Waals surface area contributed by atoms with Crippen LogP contribution in [-0.2, 0) is 17.4 Å². The molecule has 186 valence electrons. The molecule has 0 saturated carbocycles. The number of benzene rings is 2. The van der Waals surface area contributed by atoms with E-state index in [2.05, 4.69) is 14.9 Å². The van der Waals surface area contributed by atoms with Crippen LogP contribution in [0.3, 0.4) is 0 Å². The minimum atomic E-state index is -5.01. The maximum Gasteiger partial charge on any atom is 0.425 e. The fourth-order valence-corrected chi connectivity index (χ4v) is 3.73. The first-order valence-corrected chi connectivity index (χ1v) is 10.2. The van der Waals surface area contributed by atoms with Gasteiger partial charge in [0.25, 0.3) is 5.89 Å². The minimum Gasteiger partial charge on any atom is -0.481 e. The third-order valence-corrected chi connectivity index (χ3v) is 5.41. The van der Waals surface area contributed by atoms with E-state index >= 15 is 0 Å². The van der Waals surface area contributed by atoms with Gasteiger partial charge < -0.3 is 19.3 Å². The first kappa shape index (κ1) is 24.4. The molecule has 3 aromatic rings. The van der Waals surface area contributed by atoms with E-state index in [4.69, 9.17) is 9.63 Å². The average molecular weight is 501 g/mol. The number of aromatic nitrogens is 2. The van der Waals surface area contributed by atoms with E-state index in [9.17, 15) is 31.1 Å². The van der Waals surface area contributed by atoms with Gasteiger partial charge in [0.1, 0.15) is 12.3 Å². The van der Waals surface area contributed by atoms with Gasteiger partial charge in [-0.3, -0.25) is 4.79 Å². The summed E-state index contributed by atoms with van der Waals surface area (Å²) in [5.74, 6) is -2.18. The number of carbonyl (C=O) groups is 1. The van der Waals surface area contributed by atoms with Crippen LogP contribution < -0.4 is 9.64 Å². The van der Waals surface area contributed by atoms with Crippen molar-refractivity contribution in [2.24, 2.45) is 0 Å². The summed E-state index contributed by atoms with van der Waals surface area (Å²) in [7, 11) is 0. The molecular weight excluding hydrogens is 484 g/mol. The molecule has 0 amide bonds. The number of carboxylic acids is 1. The number of aliphatic carboxylic acids is 1. The minimum absolute atomic E-state index is 0.0774. The molecule has 0 spiro atoms. The Morgan fingerprint density at radius 2 is 1.94 bits per heavy atom. The van der Waals surface area contributed by atoms with E-state index in [1.165, 1.54) is 0 Å². The molecule has 0 bridgehead atoms. The van der Waals surface area contributed by atoms with Gasteiger partial charge >= 0.3 is 18.3 Å². The summed E-state index contributed by atoms with van der Waals surface area (Å²) in [6.07, 6.45) is -11.8. The Labute approximate surface area is 193 Å². The molecular formula is C22H17F6N3O4. The van der Waals surface area contributed by atoms with Crippen LogP contribution in [0.15, 0.2) is 40.9 Å². The maximum absolute atomic E-state index is 13.6. The second kappa shape index (κ2) is 8.78. The van der Waals surface area contributed by atoms with Crippen LogP contribution in [0.4, 0.5) is 32.0 Å².